The molecule has 0 N–H and O–H groups in total. The van der Waals surface area contributed by atoms with Crippen LogP contribution >= 0.6 is 0 Å². The average molecular weight is 405 g/mol. The van der Waals surface area contributed by atoms with Gasteiger partial charge in [0, 0.05) is 6.42 Å². The van der Waals surface area contributed by atoms with E-state index >= 15 is 0 Å². The van der Waals surface area contributed by atoms with Crippen molar-refractivity contribution < 1.29 is 4.43 Å². The summed E-state index contributed by atoms with van der Waals surface area (Å²) in [6, 6.07) is 21.0. The Bertz CT molecular complexity index is 703. The normalized spacial score (nSPS) is 10.9. The topological polar surface area (TPSA) is 9.23 Å². The van der Waals surface area contributed by atoms with Gasteiger partial charge in [0.15, 0.2) is 0 Å². The Morgan fingerprint density at radius 2 is 1.28 bits per heavy atom. The molecule has 2 aromatic carbocycles. The third-order valence-electron chi connectivity index (χ3n) is 5.35. The van der Waals surface area contributed by atoms with Crippen molar-refractivity contribution in [3.05, 3.63) is 72.9 Å². The lowest BCUT2D eigenvalue weighted by atomic mass is 10.1. The summed E-state index contributed by atoms with van der Waals surface area (Å²) in [4.78, 5) is 0. The van der Waals surface area contributed by atoms with E-state index in [1.165, 1.54) is 61.7 Å². The van der Waals surface area contributed by atoms with Crippen LogP contribution < -0.4 is 10.4 Å². The van der Waals surface area contributed by atoms with Crippen molar-refractivity contribution in [2.24, 2.45) is 0 Å². The van der Waals surface area contributed by atoms with Crippen LogP contribution in [0.2, 0.25) is 0 Å². The molecule has 0 spiro atoms. The van der Waals surface area contributed by atoms with Gasteiger partial charge in [-0.3, -0.25) is 0 Å². The summed E-state index contributed by atoms with van der Waals surface area (Å²) in [7, 11) is -2.46. The molecule has 0 aliphatic heterocycles. The summed E-state index contributed by atoms with van der Waals surface area (Å²) in [6.45, 7) is 6.87. The van der Waals surface area contributed by atoms with E-state index in [4.69, 9.17) is 4.43 Å². The van der Waals surface area contributed by atoms with E-state index in [9.17, 15) is 0 Å². The Kier molecular flexibility index (Phi) is 11.2. The standard InChI is InChI=1S/C27H36OSi/c1-3-5-6-7-8-9-10-11-12-13-20-25-28-29(4-2,26-21-16-14-17-22-26)27-23-18-15-19-24-27/h4,14-19,21-24H,2-3,5-12,25H2,1H3. The lowest BCUT2D eigenvalue weighted by Crippen LogP contribution is -2.59. The van der Waals surface area contributed by atoms with E-state index in [1.807, 2.05) is 17.8 Å². The highest BCUT2D eigenvalue weighted by atomic mass is 28.4. The smallest absolute Gasteiger partial charge is 0.281 e. The van der Waals surface area contributed by atoms with Gasteiger partial charge in [-0.15, -0.1) is 12.5 Å². The van der Waals surface area contributed by atoms with Crippen LogP contribution in [0.3, 0.4) is 0 Å². The minimum absolute atomic E-state index is 0.457. The Morgan fingerprint density at radius 3 is 1.79 bits per heavy atom. The molecule has 0 aromatic heterocycles. The summed E-state index contributed by atoms with van der Waals surface area (Å²) in [5, 5.41) is 2.43. The molecule has 0 fully saturated rings. The maximum absolute atomic E-state index is 6.48. The number of hydrogen-bond acceptors (Lipinski definition) is 1. The van der Waals surface area contributed by atoms with Crippen molar-refractivity contribution in [2.45, 2.75) is 64.7 Å². The number of benzene rings is 2. The zero-order valence-corrected chi connectivity index (χ0v) is 19.0. The SMILES string of the molecule is C=C[Si](OCC#CCCCCCCCCCC)(c1ccccc1)c1ccccc1. The molecule has 2 heteroatoms. The second-order valence-corrected chi connectivity index (χ2v) is 10.9. The van der Waals surface area contributed by atoms with Crippen molar-refractivity contribution in [2.75, 3.05) is 6.61 Å². The van der Waals surface area contributed by atoms with Crippen LogP contribution in [0.4, 0.5) is 0 Å². The van der Waals surface area contributed by atoms with E-state index in [0.29, 0.717) is 6.61 Å². The number of rotatable bonds is 13. The van der Waals surface area contributed by atoms with E-state index in [0.717, 1.165) is 6.42 Å². The van der Waals surface area contributed by atoms with E-state index in [-0.39, 0.29) is 0 Å². The predicted octanol–water partition coefficient (Wildman–Crippen LogP) is 6.02. The Hall–Kier alpha value is -2.08. The first-order valence-electron chi connectivity index (χ1n) is 11.2. The van der Waals surface area contributed by atoms with Gasteiger partial charge in [0.2, 0.25) is 0 Å². The molecule has 0 saturated carbocycles. The summed E-state index contributed by atoms with van der Waals surface area (Å²) in [6.07, 6.45) is 11.7. The quantitative estimate of drug-likeness (QED) is 0.225. The fourth-order valence-corrected chi connectivity index (χ4v) is 6.57. The van der Waals surface area contributed by atoms with Crippen molar-refractivity contribution in [3.63, 3.8) is 0 Å². The van der Waals surface area contributed by atoms with Crippen LogP contribution in [0.15, 0.2) is 72.9 Å². The molecule has 0 atom stereocenters. The highest BCUT2D eigenvalue weighted by molar-refractivity contribution is 7.01. The van der Waals surface area contributed by atoms with E-state index in [2.05, 4.69) is 73.9 Å². The van der Waals surface area contributed by atoms with Gasteiger partial charge in [0.25, 0.3) is 8.32 Å². The van der Waals surface area contributed by atoms with Crippen LogP contribution in [-0.4, -0.2) is 14.9 Å². The van der Waals surface area contributed by atoms with Gasteiger partial charge in [0.05, 0.1) is 6.61 Å². The predicted molar refractivity (Wildman–Crippen MR) is 129 cm³/mol. The van der Waals surface area contributed by atoms with Crippen molar-refractivity contribution in [1.29, 1.82) is 0 Å². The zero-order valence-electron chi connectivity index (χ0n) is 18.0. The monoisotopic (exact) mass is 404 g/mol. The van der Waals surface area contributed by atoms with Crippen LogP contribution in [0.5, 0.6) is 0 Å². The summed E-state index contributed by atoms with van der Waals surface area (Å²) in [5.74, 6) is 6.56. The molecule has 2 aromatic rings. The van der Waals surface area contributed by atoms with Crippen molar-refractivity contribution in [1.82, 2.24) is 0 Å². The first-order valence-corrected chi connectivity index (χ1v) is 13.2. The Morgan fingerprint density at radius 1 is 0.759 bits per heavy atom. The molecule has 0 aliphatic rings. The summed E-state index contributed by atoms with van der Waals surface area (Å²) in [5.41, 5.74) is 2.03. The van der Waals surface area contributed by atoms with Gasteiger partial charge in [-0.2, -0.15) is 0 Å². The molecule has 0 saturated heterocycles. The maximum Gasteiger partial charge on any atom is 0.281 e. The third-order valence-corrected chi connectivity index (χ3v) is 8.90. The fourth-order valence-electron chi connectivity index (χ4n) is 3.64. The van der Waals surface area contributed by atoms with E-state index in [1.54, 1.807) is 0 Å². The van der Waals surface area contributed by atoms with Crippen molar-refractivity contribution in [3.8, 4) is 11.8 Å². The molecule has 0 heterocycles. The molecule has 0 amide bonds. The fraction of sp³-hybridized carbons (Fsp3) is 0.407. The minimum Gasteiger partial charge on any atom is -0.393 e. The van der Waals surface area contributed by atoms with Crippen LogP contribution in [0, 0.1) is 11.8 Å². The van der Waals surface area contributed by atoms with Crippen LogP contribution in [0.1, 0.15) is 64.7 Å². The lowest BCUT2D eigenvalue weighted by Gasteiger charge is -2.28. The van der Waals surface area contributed by atoms with Gasteiger partial charge in [-0.25, -0.2) is 0 Å². The molecule has 0 aliphatic carbocycles. The van der Waals surface area contributed by atoms with Crippen molar-refractivity contribution >= 4 is 18.7 Å². The zero-order chi connectivity index (χ0) is 20.6. The molecular formula is C27H36OSi. The molecule has 154 valence electrons. The summed E-state index contributed by atoms with van der Waals surface area (Å²) < 4.78 is 6.48. The Labute approximate surface area is 179 Å². The van der Waals surface area contributed by atoms with Gasteiger partial charge in [0.1, 0.15) is 0 Å². The first kappa shape index (κ1) is 23.2. The number of hydrogen-bond donors (Lipinski definition) is 0. The Balaban J connectivity index is 1.84. The highest BCUT2D eigenvalue weighted by Gasteiger charge is 2.36. The molecule has 0 unspecified atom stereocenters. The minimum atomic E-state index is -2.46. The number of unbranched alkanes of at least 4 members (excludes halogenated alkanes) is 8. The second-order valence-electron chi connectivity index (χ2n) is 7.54. The highest BCUT2D eigenvalue weighted by Crippen LogP contribution is 2.10. The largest absolute Gasteiger partial charge is 0.393 e. The molecule has 0 radical (unpaired) electrons. The first-order chi connectivity index (χ1) is 14.3. The van der Waals surface area contributed by atoms with Gasteiger partial charge in [-0.05, 0) is 16.8 Å². The van der Waals surface area contributed by atoms with E-state index < -0.39 is 8.32 Å². The van der Waals surface area contributed by atoms with Gasteiger partial charge < -0.3 is 4.43 Å². The third kappa shape index (κ3) is 7.69. The molecule has 29 heavy (non-hydrogen) atoms. The van der Waals surface area contributed by atoms with Crippen LogP contribution in [-0.2, 0) is 4.43 Å². The van der Waals surface area contributed by atoms with Crippen LogP contribution in [0.25, 0.3) is 0 Å². The summed E-state index contributed by atoms with van der Waals surface area (Å²) >= 11 is 0. The van der Waals surface area contributed by atoms with Gasteiger partial charge >= 0.3 is 0 Å². The average Bonchev–Trinajstić information content (AvgIpc) is 2.78. The molecule has 2 rings (SSSR count). The molecule has 1 nitrogen and oxygen atoms in total. The van der Waals surface area contributed by atoms with Gasteiger partial charge in [-0.1, -0.05) is 124 Å². The maximum atomic E-state index is 6.48. The molecular weight excluding hydrogens is 368 g/mol. The lowest BCUT2D eigenvalue weighted by molar-refractivity contribution is 0.378. The molecule has 0 bridgehead atoms. The second kappa shape index (κ2) is 14.0.